The van der Waals surface area contributed by atoms with E-state index in [1.807, 2.05) is 24.3 Å². The quantitative estimate of drug-likeness (QED) is 0.366. The van der Waals surface area contributed by atoms with E-state index in [0.29, 0.717) is 11.8 Å². The van der Waals surface area contributed by atoms with Gasteiger partial charge in [0.15, 0.2) is 9.87 Å². The van der Waals surface area contributed by atoms with Crippen LogP contribution in [0.25, 0.3) is 0 Å². The van der Waals surface area contributed by atoms with Crippen LogP contribution in [0.5, 0.6) is 0 Å². The SMILES string of the molecule is ClCCCCC1(SC2(CCCCCl)CC=CO2)CC=CO1. The molecule has 0 saturated heterocycles. The molecule has 0 aliphatic carbocycles. The van der Waals surface area contributed by atoms with Gasteiger partial charge < -0.3 is 9.47 Å². The third-order valence-electron chi connectivity index (χ3n) is 3.87. The molecule has 2 rings (SSSR count). The summed E-state index contributed by atoms with van der Waals surface area (Å²) in [4.78, 5) is -0.363. The third-order valence-corrected chi connectivity index (χ3v) is 6.08. The molecule has 0 radical (unpaired) electrons. The monoisotopic (exact) mass is 350 g/mol. The second kappa shape index (κ2) is 8.59. The highest BCUT2D eigenvalue weighted by molar-refractivity contribution is 8.01. The highest BCUT2D eigenvalue weighted by Crippen LogP contribution is 2.51. The van der Waals surface area contributed by atoms with Gasteiger partial charge in [-0.2, -0.15) is 0 Å². The second-order valence-electron chi connectivity index (χ2n) is 5.60. The Morgan fingerprint density at radius 3 is 1.62 bits per heavy atom. The standard InChI is InChI=1S/C16H24Cl2O2S/c17-11-3-1-7-15(9-5-13-19-15)21-16(8-2-4-12-18)10-6-14-20-16/h5-6,13-14H,1-4,7-12H2. The van der Waals surface area contributed by atoms with Crippen LogP contribution < -0.4 is 0 Å². The minimum Gasteiger partial charge on any atom is -0.484 e. The highest BCUT2D eigenvalue weighted by atomic mass is 35.5. The molecule has 0 aromatic rings. The maximum atomic E-state index is 5.99. The lowest BCUT2D eigenvalue weighted by Gasteiger charge is -2.38. The van der Waals surface area contributed by atoms with Crippen molar-refractivity contribution in [1.29, 1.82) is 0 Å². The average Bonchev–Trinajstić information content (AvgIpc) is 3.11. The zero-order valence-electron chi connectivity index (χ0n) is 12.4. The summed E-state index contributed by atoms with van der Waals surface area (Å²) in [6.45, 7) is 0. The maximum Gasteiger partial charge on any atom is 0.160 e. The molecule has 0 aromatic carbocycles. The number of halogens is 2. The topological polar surface area (TPSA) is 18.5 Å². The summed E-state index contributed by atoms with van der Waals surface area (Å²) in [6, 6.07) is 0. The van der Waals surface area contributed by atoms with E-state index in [0.717, 1.165) is 51.4 Å². The molecule has 5 heteroatoms. The van der Waals surface area contributed by atoms with Crippen LogP contribution in [-0.2, 0) is 9.47 Å². The van der Waals surface area contributed by atoms with Crippen molar-refractivity contribution in [2.45, 2.75) is 61.2 Å². The molecule has 2 aliphatic heterocycles. The van der Waals surface area contributed by atoms with Gasteiger partial charge >= 0.3 is 0 Å². The van der Waals surface area contributed by atoms with E-state index < -0.39 is 0 Å². The minimum absolute atomic E-state index is 0.182. The Labute approximate surface area is 142 Å². The van der Waals surface area contributed by atoms with Crippen LogP contribution in [0.3, 0.4) is 0 Å². The van der Waals surface area contributed by atoms with Gasteiger partial charge in [-0.15, -0.1) is 23.2 Å². The van der Waals surface area contributed by atoms with Gasteiger partial charge in [-0.1, -0.05) is 11.8 Å². The number of alkyl halides is 2. The minimum atomic E-state index is -0.182. The van der Waals surface area contributed by atoms with Gasteiger partial charge in [0.25, 0.3) is 0 Å². The Morgan fingerprint density at radius 2 is 1.29 bits per heavy atom. The van der Waals surface area contributed by atoms with Gasteiger partial charge in [0.2, 0.25) is 0 Å². The van der Waals surface area contributed by atoms with E-state index in [1.54, 1.807) is 0 Å². The average molecular weight is 351 g/mol. The Morgan fingerprint density at radius 1 is 0.810 bits per heavy atom. The Hall–Kier alpha value is 0.01000. The van der Waals surface area contributed by atoms with E-state index in [4.69, 9.17) is 32.7 Å². The molecule has 0 amide bonds. The lowest BCUT2D eigenvalue weighted by atomic mass is 10.1. The first-order valence-corrected chi connectivity index (χ1v) is 9.61. The van der Waals surface area contributed by atoms with Crippen molar-refractivity contribution in [2.75, 3.05) is 11.8 Å². The number of ether oxygens (including phenoxy) is 2. The maximum absolute atomic E-state index is 5.99. The molecule has 0 aromatic heterocycles. The number of hydrogen-bond acceptors (Lipinski definition) is 3. The summed E-state index contributed by atoms with van der Waals surface area (Å²) < 4.78 is 12.0. The zero-order chi connectivity index (χ0) is 15.0. The number of unbranched alkanes of at least 4 members (excludes halogenated alkanes) is 2. The van der Waals surface area contributed by atoms with E-state index >= 15 is 0 Å². The van der Waals surface area contributed by atoms with E-state index in [-0.39, 0.29) is 9.87 Å². The second-order valence-corrected chi connectivity index (χ2v) is 8.05. The predicted molar refractivity (Wildman–Crippen MR) is 91.9 cm³/mol. The summed E-state index contributed by atoms with van der Waals surface area (Å²) in [5.41, 5.74) is 0. The fraction of sp³-hybridized carbons (Fsp3) is 0.750. The van der Waals surface area contributed by atoms with Crippen LogP contribution in [0.15, 0.2) is 24.7 Å². The van der Waals surface area contributed by atoms with Crippen LogP contribution in [0, 0.1) is 0 Å². The van der Waals surface area contributed by atoms with Crippen molar-refractivity contribution in [3.63, 3.8) is 0 Å². The van der Waals surface area contributed by atoms with Gasteiger partial charge in [0.05, 0.1) is 12.5 Å². The molecular weight excluding hydrogens is 327 g/mol. The zero-order valence-corrected chi connectivity index (χ0v) is 14.7. The first-order valence-electron chi connectivity index (χ1n) is 7.72. The fourth-order valence-electron chi connectivity index (χ4n) is 2.77. The van der Waals surface area contributed by atoms with E-state index in [9.17, 15) is 0 Å². The Kier molecular flexibility index (Phi) is 7.11. The summed E-state index contributed by atoms with van der Waals surface area (Å²) >= 11 is 13.5. The van der Waals surface area contributed by atoms with Crippen molar-refractivity contribution in [3.8, 4) is 0 Å². The van der Waals surface area contributed by atoms with Gasteiger partial charge in [0.1, 0.15) is 0 Å². The highest BCUT2D eigenvalue weighted by Gasteiger charge is 2.45. The van der Waals surface area contributed by atoms with Crippen molar-refractivity contribution >= 4 is 35.0 Å². The van der Waals surface area contributed by atoms with Crippen LogP contribution in [-0.4, -0.2) is 21.6 Å². The van der Waals surface area contributed by atoms with Crippen molar-refractivity contribution in [1.82, 2.24) is 0 Å². The van der Waals surface area contributed by atoms with Gasteiger partial charge in [-0.25, -0.2) is 0 Å². The van der Waals surface area contributed by atoms with Crippen molar-refractivity contribution in [3.05, 3.63) is 24.7 Å². The first-order chi connectivity index (χ1) is 10.2. The molecule has 0 bridgehead atoms. The van der Waals surface area contributed by atoms with Crippen LogP contribution >= 0.6 is 35.0 Å². The first kappa shape index (κ1) is 17.4. The summed E-state index contributed by atoms with van der Waals surface area (Å²) in [6.07, 6.45) is 16.1. The van der Waals surface area contributed by atoms with Crippen LogP contribution in [0.2, 0.25) is 0 Å². The van der Waals surface area contributed by atoms with Gasteiger partial charge in [0, 0.05) is 24.6 Å². The van der Waals surface area contributed by atoms with Gasteiger partial charge in [-0.05, 0) is 50.7 Å². The largest absolute Gasteiger partial charge is 0.484 e. The summed E-state index contributed by atoms with van der Waals surface area (Å²) in [7, 11) is 0. The van der Waals surface area contributed by atoms with E-state index in [2.05, 4.69) is 12.2 Å². The molecule has 2 unspecified atom stereocenters. The number of rotatable bonds is 10. The lowest BCUT2D eigenvalue weighted by molar-refractivity contribution is 0.0921. The molecule has 0 saturated carbocycles. The van der Waals surface area contributed by atoms with Crippen LogP contribution in [0.4, 0.5) is 0 Å². The van der Waals surface area contributed by atoms with Crippen molar-refractivity contribution < 1.29 is 9.47 Å². The molecular formula is C16H24Cl2O2S. The van der Waals surface area contributed by atoms with Crippen molar-refractivity contribution in [2.24, 2.45) is 0 Å². The summed E-state index contributed by atoms with van der Waals surface area (Å²) in [5, 5.41) is 0. The fourth-order valence-corrected chi connectivity index (χ4v) is 4.88. The smallest absolute Gasteiger partial charge is 0.160 e. The molecule has 2 atom stereocenters. The molecule has 2 nitrogen and oxygen atoms in total. The lowest BCUT2D eigenvalue weighted by Crippen LogP contribution is -2.34. The Bertz CT molecular complexity index is 321. The molecule has 0 N–H and O–H groups in total. The summed E-state index contributed by atoms with van der Waals surface area (Å²) in [5.74, 6) is 1.43. The molecule has 2 aliphatic rings. The Balaban J connectivity index is 1.95. The number of thioether (sulfide) groups is 1. The molecule has 0 spiro atoms. The molecule has 2 heterocycles. The third kappa shape index (κ3) is 5.01. The number of hydrogen-bond donors (Lipinski definition) is 0. The van der Waals surface area contributed by atoms with Gasteiger partial charge in [-0.3, -0.25) is 0 Å². The molecule has 21 heavy (non-hydrogen) atoms. The van der Waals surface area contributed by atoms with Crippen LogP contribution in [0.1, 0.15) is 51.4 Å². The molecule has 120 valence electrons. The van der Waals surface area contributed by atoms with E-state index in [1.165, 1.54) is 0 Å². The normalized spacial score (nSPS) is 30.6. The molecule has 0 fully saturated rings. The predicted octanol–water partition coefficient (Wildman–Crippen LogP) is 5.80.